The number of hydrogen-bond acceptors (Lipinski definition) is 5. The van der Waals surface area contributed by atoms with Crippen molar-refractivity contribution < 1.29 is 5.11 Å². The molecule has 0 aliphatic rings. The molecule has 2 heterocycles. The van der Waals surface area contributed by atoms with E-state index in [-0.39, 0.29) is 11.9 Å². The first-order valence-electron chi connectivity index (χ1n) is 8.55. The molecule has 4 aromatic rings. The van der Waals surface area contributed by atoms with E-state index in [0.29, 0.717) is 5.95 Å². The maximum Gasteiger partial charge on any atom is 0.224 e. The molecular weight excluding hydrogens is 326 g/mol. The minimum atomic E-state index is -0.00234. The number of fused-ring (bicyclic) bond motifs is 1. The van der Waals surface area contributed by atoms with Crippen molar-refractivity contribution in [3.63, 3.8) is 0 Å². The van der Waals surface area contributed by atoms with Crippen molar-refractivity contribution in [2.24, 2.45) is 0 Å². The second-order valence-electron chi connectivity index (χ2n) is 6.02. The number of nitrogens with zero attached hydrogens (tertiary/aromatic N) is 4. The smallest absolute Gasteiger partial charge is 0.224 e. The van der Waals surface area contributed by atoms with Gasteiger partial charge in [0.05, 0.1) is 23.1 Å². The maximum absolute atomic E-state index is 9.45. The van der Waals surface area contributed by atoms with Crippen molar-refractivity contribution >= 4 is 17.0 Å². The molecule has 0 aliphatic heterocycles. The van der Waals surface area contributed by atoms with Gasteiger partial charge in [0, 0.05) is 11.8 Å². The van der Waals surface area contributed by atoms with E-state index in [1.807, 2.05) is 42.7 Å². The molecule has 6 heteroatoms. The summed E-state index contributed by atoms with van der Waals surface area (Å²) in [7, 11) is 0. The fourth-order valence-corrected chi connectivity index (χ4v) is 2.97. The Kier molecular flexibility index (Phi) is 4.23. The zero-order chi connectivity index (χ0) is 17.9. The van der Waals surface area contributed by atoms with Crippen molar-refractivity contribution in [2.75, 3.05) is 5.32 Å². The van der Waals surface area contributed by atoms with Gasteiger partial charge in [0.25, 0.3) is 0 Å². The van der Waals surface area contributed by atoms with E-state index in [9.17, 15) is 5.11 Å². The van der Waals surface area contributed by atoms with Crippen molar-refractivity contribution in [3.05, 3.63) is 67.1 Å². The molecule has 2 aromatic carbocycles. The van der Waals surface area contributed by atoms with E-state index in [1.54, 1.807) is 18.3 Å². The zero-order valence-corrected chi connectivity index (χ0v) is 14.4. The van der Waals surface area contributed by atoms with Crippen LogP contribution in [0, 0.1) is 0 Å². The van der Waals surface area contributed by atoms with E-state index in [4.69, 9.17) is 0 Å². The van der Waals surface area contributed by atoms with Crippen LogP contribution in [0.3, 0.4) is 0 Å². The van der Waals surface area contributed by atoms with Gasteiger partial charge in [0.1, 0.15) is 11.9 Å². The van der Waals surface area contributed by atoms with Crippen LogP contribution < -0.4 is 5.32 Å². The molecule has 0 aliphatic carbocycles. The third-order valence-electron chi connectivity index (χ3n) is 4.32. The summed E-state index contributed by atoms with van der Waals surface area (Å²) in [4.78, 5) is 13.4. The van der Waals surface area contributed by atoms with E-state index < -0.39 is 0 Å². The molecule has 0 radical (unpaired) electrons. The molecule has 0 bridgehead atoms. The van der Waals surface area contributed by atoms with Crippen LogP contribution in [0.15, 0.2) is 67.1 Å². The molecule has 2 N–H and O–H groups in total. The van der Waals surface area contributed by atoms with E-state index in [0.717, 1.165) is 28.7 Å². The third kappa shape index (κ3) is 3.09. The summed E-state index contributed by atoms with van der Waals surface area (Å²) in [5.41, 5.74) is 3.76. The summed E-state index contributed by atoms with van der Waals surface area (Å²) < 4.78 is 2.10. The van der Waals surface area contributed by atoms with Crippen molar-refractivity contribution in [1.82, 2.24) is 19.5 Å². The van der Waals surface area contributed by atoms with Gasteiger partial charge in [-0.3, -0.25) is 0 Å². The van der Waals surface area contributed by atoms with Crippen molar-refractivity contribution in [1.29, 1.82) is 0 Å². The molecule has 0 saturated heterocycles. The first kappa shape index (κ1) is 16.1. The summed E-state index contributed by atoms with van der Waals surface area (Å²) >= 11 is 0. The van der Waals surface area contributed by atoms with Gasteiger partial charge in [0.2, 0.25) is 5.95 Å². The maximum atomic E-state index is 9.45. The van der Waals surface area contributed by atoms with Crippen LogP contribution >= 0.6 is 0 Å². The second-order valence-corrected chi connectivity index (χ2v) is 6.02. The van der Waals surface area contributed by atoms with Crippen LogP contribution in [-0.2, 0) is 0 Å². The van der Waals surface area contributed by atoms with Crippen LogP contribution in [0.2, 0.25) is 0 Å². The SMILES string of the molecule is CCC(Nc1nccc(-c2ccc(O)cc2)n1)n1cnc2ccccc21. The van der Waals surface area contributed by atoms with Gasteiger partial charge in [-0.1, -0.05) is 19.1 Å². The third-order valence-corrected chi connectivity index (χ3v) is 4.32. The monoisotopic (exact) mass is 345 g/mol. The number of benzene rings is 2. The van der Waals surface area contributed by atoms with Gasteiger partial charge in [-0.25, -0.2) is 15.0 Å². The fraction of sp³-hybridized carbons (Fsp3) is 0.150. The molecule has 0 spiro atoms. The highest BCUT2D eigenvalue weighted by Crippen LogP contribution is 2.23. The predicted octanol–water partition coefficient (Wildman–Crippen LogP) is 4.22. The number of nitrogens with one attached hydrogen (secondary N) is 1. The molecule has 26 heavy (non-hydrogen) atoms. The number of phenols is 1. The van der Waals surface area contributed by atoms with Gasteiger partial charge in [0.15, 0.2) is 0 Å². The lowest BCUT2D eigenvalue weighted by atomic mass is 10.1. The highest BCUT2D eigenvalue weighted by molar-refractivity contribution is 5.75. The lowest BCUT2D eigenvalue weighted by molar-refractivity contribution is 0.475. The molecule has 0 fully saturated rings. The zero-order valence-electron chi connectivity index (χ0n) is 14.4. The van der Waals surface area contributed by atoms with Crippen LogP contribution in [0.5, 0.6) is 5.75 Å². The van der Waals surface area contributed by atoms with Gasteiger partial charge < -0.3 is 15.0 Å². The number of phenolic OH excluding ortho intramolecular Hbond substituents is 1. The highest BCUT2D eigenvalue weighted by atomic mass is 16.3. The lowest BCUT2D eigenvalue weighted by Crippen LogP contribution is -2.18. The molecule has 130 valence electrons. The first-order chi connectivity index (χ1) is 12.7. The minimum Gasteiger partial charge on any atom is -0.508 e. The standard InChI is InChI=1S/C20H19N5O/c1-2-19(25-13-22-17-5-3-4-6-18(17)25)24-20-21-12-11-16(23-20)14-7-9-15(26)10-8-14/h3-13,19,26H,2H2,1H3,(H,21,23,24). The fourth-order valence-electron chi connectivity index (χ4n) is 2.97. The van der Waals surface area contributed by atoms with Crippen LogP contribution in [0.1, 0.15) is 19.5 Å². The average Bonchev–Trinajstić information content (AvgIpc) is 3.11. The Labute approximate surface area is 151 Å². The number of aromatic hydroxyl groups is 1. The highest BCUT2D eigenvalue weighted by Gasteiger charge is 2.13. The molecule has 0 amide bonds. The Morgan fingerprint density at radius 1 is 1.04 bits per heavy atom. The molecule has 1 atom stereocenters. The van der Waals surface area contributed by atoms with Crippen molar-refractivity contribution in [3.8, 4) is 17.0 Å². The number of rotatable bonds is 5. The van der Waals surface area contributed by atoms with Gasteiger partial charge in [-0.05, 0) is 48.9 Å². The summed E-state index contributed by atoms with van der Waals surface area (Å²) in [6.07, 6.45) is 4.43. The predicted molar refractivity (Wildman–Crippen MR) is 102 cm³/mol. The van der Waals surface area contributed by atoms with E-state index >= 15 is 0 Å². The number of imidazole rings is 1. The molecule has 0 saturated carbocycles. The molecule has 1 unspecified atom stereocenters. The molecule has 4 rings (SSSR count). The van der Waals surface area contributed by atoms with Gasteiger partial charge in [-0.2, -0.15) is 0 Å². The van der Waals surface area contributed by atoms with Crippen LogP contribution in [0.4, 0.5) is 5.95 Å². The van der Waals surface area contributed by atoms with Gasteiger partial charge in [-0.15, -0.1) is 0 Å². The number of anilines is 1. The summed E-state index contributed by atoms with van der Waals surface area (Å²) in [6, 6.07) is 16.9. The molecular formula is C20H19N5O. The molecule has 6 nitrogen and oxygen atoms in total. The Morgan fingerprint density at radius 3 is 2.65 bits per heavy atom. The van der Waals surface area contributed by atoms with Crippen molar-refractivity contribution in [2.45, 2.75) is 19.5 Å². The average molecular weight is 345 g/mol. The van der Waals surface area contributed by atoms with Crippen LogP contribution in [-0.4, -0.2) is 24.6 Å². The number of hydrogen-bond donors (Lipinski definition) is 2. The van der Waals surface area contributed by atoms with E-state index in [2.05, 4.69) is 37.8 Å². The normalized spacial score (nSPS) is 12.2. The van der Waals surface area contributed by atoms with Crippen LogP contribution in [0.25, 0.3) is 22.3 Å². The Morgan fingerprint density at radius 2 is 1.85 bits per heavy atom. The summed E-state index contributed by atoms with van der Waals surface area (Å²) in [6.45, 7) is 2.11. The first-order valence-corrected chi connectivity index (χ1v) is 8.55. The second kappa shape index (κ2) is 6.84. The number of para-hydroxylation sites is 2. The Balaban J connectivity index is 1.63. The topological polar surface area (TPSA) is 75.9 Å². The Bertz CT molecular complexity index is 1030. The molecule has 2 aromatic heterocycles. The Hall–Kier alpha value is -3.41. The quantitative estimate of drug-likeness (QED) is 0.566. The number of aromatic nitrogens is 4. The summed E-state index contributed by atoms with van der Waals surface area (Å²) in [5, 5.41) is 12.8. The summed E-state index contributed by atoms with van der Waals surface area (Å²) in [5.74, 6) is 0.791. The van der Waals surface area contributed by atoms with E-state index in [1.165, 1.54) is 0 Å². The minimum absolute atomic E-state index is 0.00234. The largest absolute Gasteiger partial charge is 0.508 e. The lowest BCUT2D eigenvalue weighted by Gasteiger charge is -2.19. The van der Waals surface area contributed by atoms with Gasteiger partial charge >= 0.3 is 0 Å².